The summed E-state index contributed by atoms with van der Waals surface area (Å²) in [5, 5.41) is 10.3. The summed E-state index contributed by atoms with van der Waals surface area (Å²) in [5.41, 5.74) is 25.4. The highest BCUT2D eigenvalue weighted by atomic mass is 15.1. The van der Waals surface area contributed by atoms with Gasteiger partial charge in [-0.3, -0.25) is 0 Å². The van der Waals surface area contributed by atoms with E-state index >= 15 is 0 Å². The first-order chi connectivity index (χ1) is 36.4. The Balaban J connectivity index is 0.893. The molecule has 0 saturated heterocycles. The summed E-state index contributed by atoms with van der Waals surface area (Å²) in [7, 11) is 0. The van der Waals surface area contributed by atoms with Gasteiger partial charge in [-0.1, -0.05) is 187 Å². The lowest BCUT2D eigenvalue weighted by Gasteiger charge is -2.30. The summed E-state index contributed by atoms with van der Waals surface area (Å²) in [4.78, 5) is 2.54. The maximum Gasteiger partial charge on any atom is 0.0553 e. The molecule has 0 spiro atoms. The van der Waals surface area contributed by atoms with E-state index in [4.69, 9.17) is 0 Å². The van der Waals surface area contributed by atoms with Gasteiger partial charge in [0.05, 0.1) is 11.0 Å². The Morgan fingerprint density at radius 3 is 1.36 bits per heavy atom. The van der Waals surface area contributed by atoms with Gasteiger partial charge in [0.2, 0.25) is 0 Å². The molecule has 13 aromatic rings. The monoisotopic (exact) mass is 958 g/mol. The van der Waals surface area contributed by atoms with Crippen LogP contribution in [-0.2, 0) is 16.2 Å². The van der Waals surface area contributed by atoms with Crippen molar-refractivity contribution in [2.75, 3.05) is 4.90 Å². The minimum Gasteiger partial charge on any atom is -0.310 e. The van der Waals surface area contributed by atoms with Crippen molar-refractivity contribution in [3.63, 3.8) is 0 Å². The molecule has 1 aromatic heterocycles. The van der Waals surface area contributed by atoms with Crippen molar-refractivity contribution in [2.24, 2.45) is 0 Å². The number of aromatic nitrogens is 1. The van der Waals surface area contributed by atoms with Crippen LogP contribution in [0.25, 0.3) is 104 Å². The van der Waals surface area contributed by atoms with E-state index in [0.717, 1.165) is 22.7 Å². The number of hydrogen-bond acceptors (Lipinski definition) is 1. The average molecular weight is 959 g/mol. The first-order valence-electron chi connectivity index (χ1n) is 26.7. The molecule has 0 radical (unpaired) electrons. The first kappa shape index (κ1) is 42.8. The fraction of sp³-hybridized carbons (Fsp3) is 0.123. The second kappa shape index (κ2) is 14.7. The molecular formula is C73H54N2. The zero-order chi connectivity index (χ0) is 50.3. The Hall–Kier alpha value is -8.72. The second-order valence-electron chi connectivity index (χ2n) is 23.3. The molecule has 0 saturated carbocycles. The van der Waals surface area contributed by atoms with Crippen molar-refractivity contribution in [3.05, 3.63) is 252 Å². The highest BCUT2D eigenvalue weighted by Gasteiger charge is 2.39. The third kappa shape index (κ3) is 5.69. The number of rotatable bonds is 5. The van der Waals surface area contributed by atoms with Crippen molar-refractivity contribution >= 4 is 71.2 Å². The SMILES string of the molecule is CC1(C)c2ccccc2-c2ccc(-c3ccc4c(c3)C(C)(C)c3cc(N(c5ccc6c(c5)C(C)(C)c5ccccc5-6)c5ccc6c(c5)c5c7ccc8cccc9ccc(cc5n6-c5ccccc5)c7c98)ccc3-4)cc21. The summed E-state index contributed by atoms with van der Waals surface area (Å²) in [6.45, 7) is 14.4. The van der Waals surface area contributed by atoms with E-state index in [-0.39, 0.29) is 16.2 Å². The molecule has 16 rings (SSSR count). The van der Waals surface area contributed by atoms with Crippen LogP contribution in [0.15, 0.2) is 218 Å². The van der Waals surface area contributed by atoms with Crippen LogP contribution >= 0.6 is 0 Å². The molecule has 2 nitrogen and oxygen atoms in total. The topological polar surface area (TPSA) is 8.17 Å². The van der Waals surface area contributed by atoms with E-state index in [1.165, 1.54) is 132 Å². The van der Waals surface area contributed by atoms with E-state index < -0.39 is 0 Å². The van der Waals surface area contributed by atoms with Gasteiger partial charge >= 0.3 is 0 Å². The van der Waals surface area contributed by atoms with E-state index in [1.807, 2.05) is 0 Å². The zero-order valence-electron chi connectivity index (χ0n) is 43.2. The molecule has 0 fully saturated rings. The number of anilines is 3. The third-order valence-corrected chi connectivity index (χ3v) is 18.3. The molecule has 0 bridgehead atoms. The number of fused-ring (bicyclic) bond motifs is 13. The summed E-state index contributed by atoms with van der Waals surface area (Å²) >= 11 is 0. The van der Waals surface area contributed by atoms with Crippen LogP contribution in [0, 0.1) is 0 Å². The molecule has 3 aliphatic rings. The van der Waals surface area contributed by atoms with Gasteiger partial charge in [-0.05, 0) is 183 Å². The van der Waals surface area contributed by atoms with Crippen molar-refractivity contribution in [1.29, 1.82) is 0 Å². The third-order valence-electron chi connectivity index (χ3n) is 18.3. The van der Waals surface area contributed by atoms with Gasteiger partial charge in [0, 0.05) is 49.8 Å². The fourth-order valence-corrected chi connectivity index (χ4v) is 14.5. The Kier molecular flexibility index (Phi) is 8.40. The van der Waals surface area contributed by atoms with Crippen LogP contribution in [0.3, 0.4) is 0 Å². The molecule has 0 amide bonds. The van der Waals surface area contributed by atoms with Crippen molar-refractivity contribution in [2.45, 2.75) is 57.8 Å². The normalized spacial score (nSPS) is 15.1. The maximum atomic E-state index is 2.54. The quantitative estimate of drug-likeness (QED) is 0.156. The van der Waals surface area contributed by atoms with E-state index in [9.17, 15) is 0 Å². The van der Waals surface area contributed by atoms with Crippen LogP contribution in [0.2, 0.25) is 0 Å². The summed E-state index contributed by atoms with van der Waals surface area (Å²) in [6.07, 6.45) is 0. The highest BCUT2D eigenvalue weighted by molar-refractivity contribution is 6.33. The van der Waals surface area contributed by atoms with Crippen molar-refractivity contribution in [3.8, 4) is 50.2 Å². The van der Waals surface area contributed by atoms with Crippen LogP contribution in [0.4, 0.5) is 17.1 Å². The van der Waals surface area contributed by atoms with Crippen molar-refractivity contribution in [1.82, 2.24) is 4.57 Å². The minimum absolute atomic E-state index is 0.0562. The van der Waals surface area contributed by atoms with Gasteiger partial charge in [-0.25, -0.2) is 0 Å². The van der Waals surface area contributed by atoms with Gasteiger partial charge < -0.3 is 9.47 Å². The smallest absolute Gasteiger partial charge is 0.0553 e. The summed E-state index contributed by atoms with van der Waals surface area (Å²) in [6, 6.07) is 83.3. The molecule has 12 aromatic carbocycles. The standard InChI is InChI=1S/C73H54N2/c1-71(2)60-21-12-10-19-52(60)54-31-26-45(37-62(54)71)46-27-32-55-57-35-29-51(42-65(57)73(5,6)63(55)38-46)74(50-28-34-56-53-20-11-13-22-61(53)72(3,4)64(56)41-50)49-30-36-66-59(40-49)70-58-33-25-44-16-14-15-43-23-24-47(69(58)68(43)44)39-67(70)75(66)48-17-8-7-9-18-48/h7-42H,1-6H3. The number of nitrogens with zero attached hydrogens (tertiary/aromatic N) is 2. The summed E-state index contributed by atoms with van der Waals surface area (Å²) < 4.78 is 2.48. The Morgan fingerprint density at radius 2 is 0.760 bits per heavy atom. The van der Waals surface area contributed by atoms with Crippen LogP contribution < -0.4 is 4.90 Å². The van der Waals surface area contributed by atoms with Crippen molar-refractivity contribution < 1.29 is 0 Å². The first-order valence-corrected chi connectivity index (χ1v) is 26.7. The lowest BCUT2D eigenvalue weighted by molar-refractivity contribution is 0.659. The molecule has 3 aliphatic carbocycles. The van der Waals surface area contributed by atoms with Crippen LogP contribution in [0.5, 0.6) is 0 Å². The Labute approximate surface area is 438 Å². The second-order valence-corrected chi connectivity index (χ2v) is 23.3. The molecule has 0 aliphatic heterocycles. The van der Waals surface area contributed by atoms with Gasteiger partial charge in [-0.2, -0.15) is 0 Å². The Bertz CT molecular complexity index is 4600. The number of hydrogen-bond donors (Lipinski definition) is 0. The minimum atomic E-state index is -0.249. The summed E-state index contributed by atoms with van der Waals surface area (Å²) in [5.74, 6) is 0. The lowest BCUT2D eigenvalue weighted by Crippen LogP contribution is -2.18. The largest absolute Gasteiger partial charge is 0.310 e. The van der Waals surface area contributed by atoms with Crippen LogP contribution in [-0.4, -0.2) is 4.57 Å². The molecule has 1 heterocycles. The average Bonchev–Trinajstić information content (AvgIpc) is 4.08. The molecule has 0 N–H and O–H groups in total. The van der Waals surface area contributed by atoms with Crippen LogP contribution in [0.1, 0.15) is 74.9 Å². The maximum absolute atomic E-state index is 2.54. The fourth-order valence-electron chi connectivity index (χ4n) is 14.5. The highest BCUT2D eigenvalue weighted by Crippen LogP contribution is 2.56. The van der Waals surface area contributed by atoms with Gasteiger partial charge in [0.25, 0.3) is 0 Å². The zero-order valence-corrected chi connectivity index (χ0v) is 43.2. The number of para-hydroxylation sites is 1. The molecule has 2 heteroatoms. The van der Waals surface area contributed by atoms with Gasteiger partial charge in [-0.15, -0.1) is 0 Å². The molecule has 356 valence electrons. The lowest BCUT2D eigenvalue weighted by atomic mass is 9.80. The number of benzene rings is 12. The van der Waals surface area contributed by atoms with E-state index in [0.29, 0.717) is 0 Å². The predicted molar refractivity (Wildman–Crippen MR) is 317 cm³/mol. The van der Waals surface area contributed by atoms with E-state index in [2.05, 4.69) is 269 Å². The van der Waals surface area contributed by atoms with Gasteiger partial charge in [0.15, 0.2) is 0 Å². The predicted octanol–water partition coefficient (Wildman–Crippen LogP) is 19.7. The molecule has 0 unspecified atom stereocenters. The molecule has 0 atom stereocenters. The van der Waals surface area contributed by atoms with Gasteiger partial charge in [0.1, 0.15) is 0 Å². The molecular weight excluding hydrogens is 905 g/mol. The Morgan fingerprint density at radius 1 is 0.293 bits per heavy atom. The van der Waals surface area contributed by atoms with E-state index in [1.54, 1.807) is 0 Å². The molecule has 75 heavy (non-hydrogen) atoms.